The van der Waals surface area contributed by atoms with Crippen LogP contribution in [0, 0.1) is 0 Å². The molecule has 1 atom stereocenters. The van der Waals surface area contributed by atoms with Gasteiger partial charge in [0.25, 0.3) is 0 Å². The Kier molecular flexibility index (Phi) is 7.31. The molecule has 7 heteroatoms. The first-order valence-electron chi connectivity index (χ1n) is 8.41. The van der Waals surface area contributed by atoms with Crippen molar-refractivity contribution in [2.24, 2.45) is 0 Å². The predicted octanol–water partition coefficient (Wildman–Crippen LogP) is 5.82. The lowest BCUT2D eigenvalue weighted by Crippen LogP contribution is -2.03. The number of hydrogen-bond donors (Lipinski definition) is 2. The van der Waals surface area contributed by atoms with Crippen molar-refractivity contribution in [2.45, 2.75) is 39.2 Å². The van der Waals surface area contributed by atoms with Crippen LogP contribution in [0.15, 0.2) is 33.2 Å². The summed E-state index contributed by atoms with van der Waals surface area (Å²) in [6.07, 6.45) is -0.838. The van der Waals surface area contributed by atoms with Crippen molar-refractivity contribution < 1.29 is 24.5 Å². The lowest BCUT2D eigenvalue weighted by molar-refractivity contribution is -0.136. The summed E-state index contributed by atoms with van der Waals surface area (Å²) >= 11 is 6.89. The van der Waals surface area contributed by atoms with Gasteiger partial charge < -0.3 is 19.7 Å². The van der Waals surface area contributed by atoms with Crippen LogP contribution in [0.3, 0.4) is 0 Å². The molecule has 0 heterocycles. The minimum absolute atomic E-state index is 0.0869. The van der Waals surface area contributed by atoms with E-state index >= 15 is 0 Å². The highest BCUT2D eigenvalue weighted by atomic mass is 79.9. The van der Waals surface area contributed by atoms with Crippen LogP contribution < -0.4 is 9.47 Å². The summed E-state index contributed by atoms with van der Waals surface area (Å²) in [5, 5.41) is 19.2. The number of aliphatic hydroxyl groups is 1. The summed E-state index contributed by atoms with van der Waals surface area (Å²) in [6.45, 7) is 5.77. The summed E-state index contributed by atoms with van der Waals surface area (Å²) < 4.78 is 12.8. The van der Waals surface area contributed by atoms with Crippen molar-refractivity contribution >= 4 is 37.8 Å². The Hall–Kier alpha value is -1.57. The van der Waals surface area contributed by atoms with E-state index in [4.69, 9.17) is 14.6 Å². The maximum Gasteiger partial charge on any atom is 0.307 e. The predicted molar refractivity (Wildman–Crippen MR) is 111 cm³/mol. The number of aliphatic carboxylic acids is 1. The number of aliphatic hydroxyl groups excluding tert-OH is 1. The maximum absolute atomic E-state index is 10.9. The number of halogens is 2. The third-order valence-electron chi connectivity index (χ3n) is 4.06. The number of carbonyl (C=O) groups is 1. The van der Waals surface area contributed by atoms with Crippen molar-refractivity contribution in [1.82, 2.24) is 0 Å². The Balaban J connectivity index is 2.53. The van der Waals surface area contributed by atoms with E-state index in [-0.39, 0.29) is 12.3 Å². The van der Waals surface area contributed by atoms with Gasteiger partial charge in [0.15, 0.2) is 5.75 Å². The van der Waals surface area contributed by atoms with Crippen molar-refractivity contribution in [3.05, 3.63) is 49.9 Å². The van der Waals surface area contributed by atoms with Gasteiger partial charge in [-0.05, 0) is 74.5 Å². The summed E-state index contributed by atoms with van der Waals surface area (Å²) in [6, 6.07) is 7.08. The van der Waals surface area contributed by atoms with Gasteiger partial charge in [-0.2, -0.15) is 0 Å². The van der Waals surface area contributed by atoms with Crippen LogP contribution in [0.4, 0.5) is 0 Å². The lowest BCUT2D eigenvalue weighted by Gasteiger charge is -2.20. The van der Waals surface area contributed by atoms with Crippen LogP contribution in [0.5, 0.6) is 17.2 Å². The molecule has 2 aromatic carbocycles. The number of carboxylic acids is 1. The van der Waals surface area contributed by atoms with Crippen LogP contribution in [-0.4, -0.2) is 23.3 Å². The van der Waals surface area contributed by atoms with Gasteiger partial charge in [0.1, 0.15) is 11.5 Å². The molecule has 2 N–H and O–H groups in total. The quantitative estimate of drug-likeness (QED) is 0.500. The van der Waals surface area contributed by atoms with Gasteiger partial charge in [0.05, 0.1) is 28.6 Å². The second-order valence-electron chi connectivity index (χ2n) is 6.52. The molecule has 5 nitrogen and oxygen atoms in total. The molecular formula is C20H22Br2O5. The summed E-state index contributed by atoms with van der Waals surface area (Å²) in [5.41, 5.74) is 2.21. The molecule has 0 spiro atoms. The third kappa shape index (κ3) is 5.24. The molecule has 27 heavy (non-hydrogen) atoms. The first-order valence-corrected chi connectivity index (χ1v) is 10.00. The highest BCUT2D eigenvalue weighted by molar-refractivity contribution is 9.11. The monoisotopic (exact) mass is 500 g/mol. The fraction of sp³-hybridized carbons (Fsp3) is 0.350. The number of methoxy groups -OCH3 is 1. The molecule has 0 amide bonds. The fourth-order valence-corrected chi connectivity index (χ4v) is 4.17. The SMILES string of the molecule is COc1cc(C(C)O)c(Oc2c(Br)cc(CC(=O)O)cc2Br)cc1C(C)C. The van der Waals surface area contributed by atoms with Crippen LogP contribution in [0.25, 0.3) is 0 Å². The first-order chi connectivity index (χ1) is 12.6. The number of ether oxygens (including phenoxy) is 2. The third-order valence-corrected chi connectivity index (χ3v) is 5.24. The zero-order valence-corrected chi connectivity index (χ0v) is 18.7. The second-order valence-corrected chi connectivity index (χ2v) is 8.23. The molecule has 0 bridgehead atoms. The molecule has 0 saturated heterocycles. The number of benzene rings is 2. The lowest BCUT2D eigenvalue weighted by atomic mass is 9.97. The molecule has 146 valence electrons. The number of hydrogen-bond acceptors (Lipinski definition) is 4. The zero-order valence-electron chi connectivity index (χ0n) is 15.5. The minimum atomic E-state index is -0.907. The Morgan fingerprint density at radius 3 is 2.04 bits per heavy atom. The molecule has 0 aliphatic rings. The Morgan fingerprint density at radius 1 is 1.04 bits per heavy atom. The maximum atomic E-state index is 10.9. The Labute approximate surface area is 175 Å². The van der Waals surface area contributed by atoms with Gasteiger partial charge in [0, 0.05) is 11.1 Å². The van der Waals surface area contributed by atoms with Crippen molar-refractivity contribution in [2.75, 3.05) is 7.11 Å². The average Bonchev–Trinajstić information content (AvgIpc) is 2.56. The van der Waals surface area contributed by atoms with Crippen molar-refractivity contribution in [3.8, 4) is 17.2 Å². The minimum Gasteiger partial charge on any atom is -0.496 e. The molecule has 0 saturated carbocycles. The second kappa shape index (κ2) is 9.08. The highest BCUT2D eigenvalue weighted by Gasteiger charge is 2.20. The van der Waals surface area contributed by atoms with E-state index in [9.17, 15) is 9.90 Å². The Morgan fingerprint density at radius 2 is 1.59 bits per heavy atom. The van der Waals surface area contributed by atoms with E-state index in [2.05, 4.69) is 45.7 Å². The van der Waals surface area contributed by atoms with Crippen molar-refractivity contribution in [1.29, 1.82) is 0 Å². The fourth-order valence-electron chi connectivity index (χ4n) is 2.73. The topological polar surface area (TPSA) is 76.0 Å². The van der Waals surface area contributed by atoms with E-state index < -0.39 is 12.1 Å². The summed E-state index contributed by atoms with van der Waals surface area (Å²) in [4.78, 5) is 10.9. The molecule has 0 aromatic heterocycles. The van der Waals surface area contributed by atoms with Crippen LogP contribution in [0.2, 0.25) is 0 Å². The smallest absolute Gasteiger partial charge is 0.307 e. The Bertz CT molecular complexity index is 824. The van der Waals surface area contributed by atoms with E-state index in [0.717, 1.165) is 5.56 Å². The van der Waals surface area contributed by atoms with E-state index in [0.29, 0.717) is 37.3 Å². The van der Waals surface area contributed by atoms with Gasteiger partial charge in [0.2, 0.25) is 0 Å². The molecule has 0 aliphatic heterocycles. The van der Waals surface area contributed by atoms with Gasteiger partial charge in [-0.25, -0.2) is 0 Å². The van der Waals surface area contributed by atoms with Crippen molar-refractivity contribution in [3.63, 3.8) is 0 Å². The molecule has 0 fully saturated rings. The first kappa shape index (κ1) is 21.7. The molecule has 0 aliphatic carbocycles. The summed E-state index contributed by atoms with van der Waals surface area (Å²) in [7, 11) is 1.60. The zero-order chi connectivity index (χ0) is 20.3. The highest BCUT2D eigenvalue weighted by Crippen LogP contribution is 2.43. The molecule has 2 aromatic rings. The van der Waals surface area contributed by atoms with Gasteiger partial charge in [-0.15, -0.1) is 0 Å². The van der Waals surface area contributed by atoms with Gasteiger partial charge >= 0.3 is 5.97 Å². The normalized spacial score (nSPS) is 12.1. The standard InChI is InChI=1S/C20H22Br2O5/c1-10(2)13-8-18(14(11(3)23)9-17(13)26-4)27-20-15(21)5-12(6-16(20)22)7-19(24)25/h5-6,8-11,23H,7H2,1-4H3,(H,24,25). The van der Waals surface area contributed by atoms with E-state index in [1.165, 1.54) is 0 Å². The summed E-state index contributed by atoms with van der Waals surface area (Å²) in [5.74, 6) is 1.02. The van der Waals surface area contributed by atoms with E-state index in [1.54, 1.807) is 32.2 Å². The number of carboxylic acid groups (broad SMARTS) is 1. The van der Waals surface area contributed by atoms with Crippen LogP contribution >= 0.6 is 31.9 Å². The van der Waals surface area contributed by atoms with E-state index in [1.807, 2.05) is 6.07 Å². The van der Waals surface area contributed by atoms with Crippen LogP contribution in [-0.2, 0) is 11.2 Å². The largest absolute Gasteiger partial charge is 0.496 e. The molecular weight excluding hydrogens is 480 g/mol. The molecule has 0 radical (unpaired) electrons. The van der Waals surface area contributed by atoms with Gasteiger partial charge in [-0.1, -0.05) is 13.8 Å². The average molecular weight is 502 g/mol. The molecule has 2 rings (SSSR count). The van der Waals surface area contributed by atoms with Gasteiger partial charge in [-0.3, -0.25) is 4.79 Å². The van der Waals surface area contributed by atoms with Crippen LogP contribution in [0.1, 0.15) is 49.5 Å². The number of rotatable bonds is 7. The molecule has 1 unspecified atom stereocenters.